The lowest BCUT2D eigenvalue weighted by Crippen LogP contribution is -2.49. The Morgan fingerprint density at radius 1 is 1.39 bits per heavy atom. The standard InChI is InChI=1S/C15H24N2S/c1-2-7-16-13-9-12(15-4-3-8-18-15)10-17(11-13)14-5-6-14/h3-4,8,12-14,16H,2,5-7,9-11H2,1H3. The summed E-state index contributed by atoms with van der Waals surface area (Å²) in [5.74, 6) is 0.758. The van der Waals surface area contributed by atoms with Gasteiger partial charge < -0.3 is 5.32 Å². The lowest BCUT2D eigenvalue weighted by molar-refractivity contribution is 0.165. The van der Waals surface area contributed by atoms with Crippen LogP contribution in [0.1, 0.15) is 43.4 Å². The highest BCUT2D eigenvalue weighted by Crippen LogP contribution is 2.36. The minimum absolute atomic E-state index is 0.700. The van der Waals surface area contributed by atoms with E-state index in [1.807, 2.05) is 11.3 Å². The molecule has 0 aromatic carbocycles. The highest BCUT2D eigenvalue weighted by Gasteiger charge is 2.36. The second-order valence-corrected chi connectivity index (χ2v) is 6.76. The fraction of sp³-hybridized carbons (Fsp3) is 0.733. The van der Waals surface area contributed by atoms with Gasteiger partial charge in [-0.2, -0.15) is 0 Å². The van der Waals surface area contributed by atoms with Crippen LogP contribution in [-0.2, 0) is 0 Å². The monoisotopic (exact) mass is 264 g/mol. The van der Waals surface area contributed by atoms with Gasteiger partial charge in [0.15, 0.2) is 0 Å². The van der Waals surface area contributed by atoms with Crippen LogP contribution in [0.5, 0.6) is 0 Å². The molecule has 1 saturated carbocycles. The zero-order valence-electron chi connectivity index (χ0n) is 11.3. The lowest BCUT2D eigenvalue weighted by Gasteiger charge is -2.38. The fourth-order valence-electron chi connectivity index (χ4n) is 3.10. The molecular formula is C15H24N2S. The van der Waals surface area contributed by atoms with Crippen LogP contribution >= 0.6 is 11.3 Å². The average Bonchev–Trinajstić information content (AvgIpc) is 3.11. The van der Waals surface area contributed by atoms with Crippen molar-refractivity contribution < 1.29 is 0 Å². The van der Waals surface area contributed by atoms with Crippen LogP contribution in [0.3, 0.4) is 0 Å². The molecular weight excluding hydrogens is 240 g/mol. The number of nitrogens with zero attached hydrogens (tertiary/aromatic N) is 1. The molecule has 100 valence electrons. The van der Waals surface area contributed by atoms with Gasteiger partial charge in [-0.3, -0.25) is 4.90 Å². The third kappa shape index (κ3) is 2.95. The highest BCUT2D eigenvalue weighted by molar-refractivity contribution is 7.10. The van der Waals surface area contributed by atoms with Crippen LogP contribution in [0.15, 0.2) is 17.5 Å². The van der Waals surface area contributed by atoms with Crippen molar-refractivity contribution >= 4 is 11.3 Å². The van der Waals surface area contributed by atoms with Crippen molar-refractivity contribution in [1.82, 2.24) is 10.2 Å². The van der Waals surface area contributed by atoms with E-state index in [1.165, 1.54) is 45.3 Å². The van der Waals surface area contributed by atoms with Crippen LogP contribution in [0.2, 0.25) is 0 Å². The summed E-state index contributed by atoms with van der Waals surface area (Å²) in [7, 11) is 0. The van der Waals surface area contributed by atoms with Crippen molar-refractivity contribution in [1.29, 1.82) is 0 Å². The van der Waals surface area contributed by atoms with E-state index in [-0.39, 0.29) is 0 Å². The number of hydrogen-bond acceptors (Lipinski definition) is 3. The molecule has 3 rings (SSSR count). The van der Waals surface area contributed by atoms with Gasteiger partial charge in [0.25, 0.3) is 0 Å². The molecule has 1 aromatic rings. The third-order valence-electron chi connectivity index (χ3n) is 4.17. The number of nitrogens with one attached hydrogen (secondary N) is 1. The second kappa shape index (κ2) is 5.72. The first-order chi connectivity index (χ1) is 8.86. The molecule has 2 unspecified atom stereocenters. The fourth-order valence-corrected chi connectivity index (χ4v) is 3.93. The van der Waals surface area contributed by atoms with E-state index in [1.54, 1.807) is 4.88 Å². The zero-order valence-corrected chi connectivity index (χ0v) is 12.1. The maximum Gasteiger partial charge on any atom is 0.0201 e. The first-order valence-electron chi connectivity index (χ1n) is 7.37. The molecule has 0 amide bonds. The molecule has 2 fully saturated rings. The minimum atomic E-state index is 0.700. The maximum atomic E-state index is 3.74. The molecule has 2 atom stereocenters. The summed E-state index contributed by atoms with van der Waals surface area (Å²) in [6, 6.07) is 6.12. The van der Waals surface area contributed by atoms with Crippen LogP contribution in [-0.4, -0.2) is 36.6 Å². The molecule has 1 saturated heterocycles. The van der Waals surface area contributed by atoms with E-state index in [2.05, 4.69) is 34.7 Å². The number of hydrogen-bond donors (Lipinski definition) is 1. The first-order valence-corrected chi connectivity index (χ1v) is 8.25. The molecule has 0 radical (unpaired) electrons. The summed E-state index contributed by atoms with van der Waals surface area (Å²) >= 11 is 1.94. The van der Waals surface area contributed by atoms with Crippen molar-refractivity contribution in [3.8, 4) is 0 Å². The van der Waals surface area contributed by atoms with Gasteiger partial charge in [-0.05, 0) is 43.7 Å². The van der Waals surface area contributed by atoms with Crippen molar-refractivity contribution in [2.75, 3.05) is 19.6 Å². The molecule has 2 nitrogen and oxygen atoms in total. The van der Waals surface area contributed by atoms with Crippen LogP contribution in [0.25, 0.3) is 0 Å². The molecule has 0 bridgehead atoms. The van der Waals surface area contributed by atoms with Crippen LogP contribution < -0.4 is 5.32 Å². The zero-order chi connectivity index (χ0) is 12.4. The van der Waals surface area contributed by atoms with Crippen molar-refractivity contribution in [3.05, 3.63) is 22.4 Å². The van der Waals surface area contributed by atoms with Gasteiger partial charge in [-0.25, -0.2) is 0 Å². The number of piperidine rings is 1. The Balaban J connectivity index is 1.66. The maximum absolute atomic E-state index is 3.74. The predicted octanol–water partition coefficient (Wildman–Crippen LogP) is 3.07. The minimum Gasteiger partial charge on any atom is -0.313 e. The average molecular weight is 264 g/mol. The molecule has 1 aromatic heterocycles. The number of rotatable bonds is 5. The quantitative estimate of drug-likeness (QED) is 0.879. The van der Waals surface area contributed by atoms with E-state index in [4.69, 9.17) is 0 Å². The van der Waals surface area contributed by atoms with Gasteiger partial charge >= 0.3 is 0 Å². The number of likely N-dealkylation sites (tertiary alicyclic amines) is 1. The van der Waals surface area contributed by atoms with Gasteiger partial charge in [0.1, 0.15) is 0 Å². The van der Waals surface area contributed by atoms with Gasteiger partial charge in [-0.15, -0.1) is 11.3 Å². The van der Waals surface area contributed by atoms with Crippen LogP contribution in [0, 0.1) is 0 Å². The third-order valence-corrected chi connectivity index (χ3v) is 5.21. The van der Waals surface area contributed by atoms with Gasteiger partial charge in [0.05, 0.1) is 0 Å². The van der Waals surface area contributed by atoms with E-state index >= 15 is 0 Å². The Hall–Kier alpha value is -0.380. The second-order valence-electron chi connectivity index (χ2n) is 5.78. The smallest absolute Gasteiger partial charge is 0.0201 e. The largest absolute Gasteiger partial charge is 0.313 e. The summed E-state index contributed by atoms with van der Waals surface area (Å²) in [6.45, 7) is 5.98. The van der Waals surface area contributed by atoms with Gasteiger partial charge in [0, 0.05) is 36.0 Å². The van der Waals surface area contributed by atoms with Crippen molar-refractivity contribution in [2.45, 2.75) is 50.6 Å². The Bertz CT molecular complexity index is 359. The normalized spacial score (nSPS) is 29.6. The Kier molecular flexibility index (Phi) is 4.02. The molecule has 3 heteroatoms. The van der Waals surface area contributed by atoms with Gasteiger partial charge in [0.2, 0.25) is 0 Å². The Labute approximate surface area is 114 Å². The SMILES string of the molecule is CCCNC1CC(c2cccs2)CN(C2CC2)C1. The summed E-state index contributed by atoms with van der Waals surface area (Å²) in [5, 5.41) is 5.96. The molecule has 18 heavy (non-hydrogen) atoms. The van der Waals surface area contributed by atoms with Gasteiger partial charge in [-0.1, -0.05) is 13.0 Å². The molecule has 2 aliphatic rings. The molecule has 0 spiro atoms. The van der Waals surface area contributed by atoms with Crippen molar-refractivity contribution in [3.63, 3.8) is 0 Å². The number of thiophene rings is 1. The van der Waals surface area contributed by atoms with E-state index in [9.17, 15) is 0 Å². The Morgan fingerprint density at radius 3 is 2.94 bits per heavy atom. The summed E-state index contributed by atoms with van der Waals surface area (Å²) in [4.78, 5) is 4.32. The highest BCUT2D eigenvalue weighted by atomic mass is 32.1. The van der Waals surface area contributed by atoms with Crippen LogP contribution in [0.4, 0.5) is 0 Å². The Morgan fingerprint density at radius 2 is 2.28 bits per heavy atom. The lowest BCUT2D eigenvalue weighted by atomic mass is 9.92. The first kappa shape index (κ1) is 12.6. The van der Waals surface area contributed by atoms with E-state index in [0.29, 0.717) is 6.04 Å². The summed E-state index contributed by atoms with van der Waals surface area (Å²) in [5.41, 5.74) is 0. The molecule has 1 aliphatic carbocycles. The molecule has 2 heterocycles. The molecule has 1 N–H and O–H groups in total. The topological polar surface area (TPSA) is 15.3 Å². The van der Waals surface area contributed by atoms with Crippen molar-refractivity contribution in [2.24, 2.45) is 0 Å². The molecule has 1 aliphatic heterocycles. The predicted molar refractivity (Wildman–Crippen MR) is 78.4 cm³/mol. The summed E-state index contributed by atoms with van der Waals surface area (Å²) < 4.78 is 0. The van der Waals surface area contributed by atoms with E-state index in [0.717, 1.165) is 12.0 Å². The van der Waals surface area contributed by atoms with E-state index < -0.39 is 0 Å². The summed E-state index contributed by atoms with van der Waals surface area (Å²) in [6.07, 6.45) is 5.42.